The Balaban J connectivity index is 2.87. The van der Waals surface area contributed by atoms with Crippen molar-refractivity contribution in [2.45, 2.75) is 0 Å². The van der Waals surface area contributed by atoms with E-state index in [2.05, 4.69) is 26.1 Å². The number of hydrogen-bond donors (Lipinski definition) is 0. The summed E-state index contributed by atoms with van der Waals surface area (Å²) in [5.41, 5.74) is 0.427. The van der Waals surface area contributed by atoms with Crippen molar-refractivity contribution in [2.24, 2.45) is 5.18 Å². The third kappa shape index (κ3) is 1.72. The number of benzene rings is 1. The van der Waals surface area contributed by atoms with Gasteiger partial charge in [0.2, 0.25) is 0 Å². The highest BCUT2D eigenvalue weighted by Crippen LogP contribution is 2.33. The number of rotatable bonds is 1. The highest BCUT2D eigenvalue weighted by Gasteiger charge is 2.10. The molecule has 3 nitrogen and oxygen atoms in total. The molecule has 0 aliphatic rings. The molecule has 2 aromatic rings. The van der Waals surface area contributed by atoms with Gasteiger partial charge < -0.3 is 0 Å². The first-order valence-electron chi connectivity index (χ1n) is 3.90. The van der Waals surface area contributed by atoms with Gasteiger partial charge in [0.1, 0.15) is 11.5 Å². The van der Waals surface area contributed by atoms with Gasteiger partial charge in [0.15, 0.2) is 0 Å². The Kier molecular flexibility index (Phi) is 2.67. The van der Waals surface area contributed by atoms with Gasteiger partial charge in [0.25, 0.3) is 0 Å². The summed E-state index contributed by atoms with van der Waals surface area (Å²) in [5.74, 6) is -0.433. The summed E-state index contributed by atoms with van der Waals surface area (Å²) in [6.07, 6.45) is 1.21. The standard InChI is InChI=1S/C9H3BrClFN2O/c10-5-1-4-7(2-6(5)12)13-3-8(14-15)9(4)11/h1-3H. The van der Waals surface area contributed by atoms with Crippen molar-refractivity contribution in [3.8, 4) is 0 Å². The van der Waals surface area contributed by atoms with E-state index in [9.17, 15) is 9.30 Å². The molecule has 76 valence electrons. The maximum absolute atomic E-state index is 13.1. The second-order valence-electron chi connectivity index (χ2n) is 2.83. The fourth-order valence-electron chi connectivity index (χ4n) is 1.21. The van der Waals surface area contributed by atoms with Crippen LogP contribution in [-0.2, 0) is 0 Å². The van der Waals surface area contributed by atoms with Crippen molar-refractivity contribution >= 4 is 44.1 Å². The summed E-state index contributed by atoms with van der Waals surface area (Å²) < 4.78 is 13.4. The van der Waals surface area contributed by atoms with Gasteiger partial charge in [-0.1, -0.05) is 11.6 Å². The number of aromatic nitrogens is 1. The monoisotopic (exact) mass is 288 g/mol. The minimum Gasteiger partial charge on any atom is -0.254 e. The lowest BCUT2D eigenvalue weighted by Crippen LogP contribution is -1.84. The van der Waals surface area contributed by atoms with Gasteiger partial charge in [0.05, 0.1) is 21.2 Å². The summed E-state index contributed by atoms with van der Waals surface area (Å²) in [6, 6.07) is 2.70. The largest absolute Gasteiger partial charge is 0.254 e. The first-order valence-corrected chi connectivity index (χ1v) is 5.07. The van der Waals surface area contributed by atoms with E-state index in [-0.39, 0.29) is 15.2 Å². The quantitative estimate of drug-likeness (QED) is 0.739. The molecule has 0 spiro atoms. The molecule has 0 amide bonds. The molecule has 15 heavy (non-hydrogen) atoms. The van der Waals surface area contributed by atoms with E-state index in [1.807, 2.05) is 0 Å². The fourth-order valence-corrected chi connectivity index (χ4v) is 1.79. The minimum atomic E-state index is -0.433. The first-order chi connectivity index (χ1) is 7.13. The van der Waals surface area contributed by atoms with Crippen molar-refractivity contribution in [3.05, 3.63) is 38.5 Å². The number of nitrogens with zero attached hydrogens (tertiary/aromatic N) is 2. The van der Waals surface area contributed by atoms with Crippen LogP contribution in [0, 0.1) is 10.7 Å². The Hall–Kier alpha value is -1.07. The third-order valence-electron chi connectivity index (χ3n) is 1.92. The van der Waals surface area contributed by atoms with E-state index < -0.39 is 5.82 Å². The fraction of sp³-hybridized carbons (Fsp3) is 0. The molecule has 0 aliphatic carbocycles. The number of fused-ring (bicyclic) bond motifs is 1. The van der Waals surface area contributed by atoms with Crippen LogP contribution in [0.25, 0.3) is 10.9 Å². The lowest BCUT2D eigenvalue weighted by atomic mass is 10.2. The van der Waals surface area contributed by atoms with Gasteiger partial charge in [-0.3, -0.25) is 4.98 Å². The van der Waals surface area contributed by atoms with E-state index in [1.165, 1.54) is 18.3 Å². The Morgan fingerprint density at radius 1 is 1.47 bits per heavy atom. The lowest BCUT2D eigenvalue weighted by molar-refractivity contribution is 0.623. The van der Waals surface area contributed by atoms with Crippen LogP contribution in [-0.4, -0.2) is 4.98 Å². The van der Waals surface area contributed by atoms with E-state index >= 15 is 0 Å². The number of hydrogen-bond acceptors (Lipinski definition) is 3. The molecule has 0 aliphatic heterocycles. The number of nitroso groups, excluding NO2 is 1. The molecule has 0 bridgehead atoms. The molecular weight excluding hydrogens is 286 g/mol. The zero-order valence-electron chi connectivity index (χ0n) is 7.17. The van der Waals surface area contributed by atoms with Crippen LogP contribution in [0.4, 0.5) is 10.1 Å². The van der Waals surface area contributed by atoms with Crippen LogP contribution in [0.3, 0.4) is 0 Å². The van der Waals surface area contributed by atoms with Gasteiger partial charge in [-0.2, -0.15) is 0 Å². The van der Waals surface area contributed by atoms with Crippen LogP contribution in [0.1, 0.15) is 0 Å². The van der Waals surface area contributed by atoms with Crippen LogP contribution in [0.2, 0.25) is 5.02 Å². The molecular formula is C9H3BrClFN2O. The van der Waals surface area contributed by atoms with Crippen molar-refractivity contribution < 1.29 is 4.39 Å². The van der Waals surface area contributed by atoms with Crippen molar-refractivity contribution in [2.75, 3.05) is 0 Å². The van der Waals surface area contributed by atoms with Crippen molar-refractivity contribution in [3.63, 3.8) is 0 Å². The van der Waals surface area contributed by atoms with E-state index in [0.29, 0.717) is 10.9 Å². The Bertz CT molecular complexity index is 561. The second-order valence-corrected chi connectivity index (χ2v) is 4.06. The van der Waals surface area contributed by atoms with E-state index in [0.717, 1.165) is 0 Å². The summed E-state index contributed by atoms with van der Waals surface area (Å²) in [4.78, 5) is 14.2. The molecule has 6 heteroatoms. The molecule has 0 N–H and O–H groups in total. The Labute approximate surface area is 97.4 Å². The minimum absolute atomic E-state index is 0.0441. The number of halogens is 3. The molecule has 0 atom stereocenters. The summed E-state index contributed by atoms with van der Waals surface area (Å²) in [6.45, 7) is 0. The highest BCUT2D eigenvalue weighted by atomic mass is 79.9. The maximum atomic E-state index is 13.1. The third-order valence-corrected chi connectivity index (χ3v) is 2.93. The van der Waals surface area contributed by atoms with Gasteiger partial charge in [-0.25, -0.2) is 4.39 Å². The van der Waals surface area contributed by atoms with E-state index in [1.54, 1.807) is 0 Å². The average molecular weight is 289 g/mol. The molecule has 1 aromatic heterocycles. The van der Waals surface area contributed by atoms with Crippen LogP contribution in [0.5, 0.6) is 0 Å². The van der Waals surface area contributed by atoms with Crippen molar-refractivity contribution in [1.82, 2.24) is 4.98 Å². The van der Waals surface area contributed by atoms with Crippen molar-refractivity contribution in [1.29, 1.82) is 0 Å². The summed E-state index contributed by atoms with van der Waals surface area (Å²) >= 11 is 8.92. The Morgan fingerprint density at radius 3 is 2.87 bits per heavy atom. The van der Waals surface area contributed by atoms with Gasteiger partial charge in [-0.15, -0.1) is 4.91 Å². The molecule has 0 saturated heterocycles. The summed E-state index contributed by atoms with van der Waals surface area (Å²) in [7, 11) is 0. The Morgan fingerprint density at radius 2 is 2.20 bits per heavy atom. The molecule has 2 rings (SSSR count). The zero-order valence-corrected chi connectivity index (χ0v) is 9.51. The first kappa shape index (κ1) is 10.4. The van der Waals surface area contributed by atoms with Gasteiger partial charge >= 0.3 is 0 Å². The molecule has 1 aromatic carbocycles. The topological polar surface area (TPSA) is 42.3 Å². The normalized spacial score (nSPS) is 10.6. The molecule has 0 radical (unpaired) electrons. The average Bonchev–Trinajstić information content (AvgIpc) is 2.22. The second kappa shape index (κ2) is 3.83. The van der Waals surface area contributed by atoms with Gasteiger partial charge in [0, 0.05) is 11.5 Å². The zero-order chi connectivity index (χ0) is 11.0. The maximum Gasteiger partial charge on any atom is 0.145 e. The lowest BCUT2D eigenvalue weighted by Gasteiger charge is -2.02. The predicted molar refractivity (Wildman–Crippen MR) is 59.9 cm³/mol. The predicted octanol–water partition coefficient (Wildman–Crippen LogP) is 4.19. The number of pyridine rings is 1. The SMILES string of the molecule is O=Nc1cnc2cc(F)c(Br)cc2c1Cl. The summed E-state index contributed by atoms with van der Waals surface area (Å²) in [5, 5.41) is 3.38. The molecule has 0 fully saturated rings. The smallest absolute Gasteiger partial charge is 0.145 e. The van der Waals surface area contributed by atoms with Gasteiger partial charge in [-0.05, 0) is 27.2 Å². The van der Waals surface area contributed by atoms with Crippen LogP contribution in [0.15, 0.2) is 28.0 Å². The van der Waals surface area contributed by atoms with E-state index in [4.69, 9.17) is 11.6 Å². The van der Waals surface area contributed by atoms with Crippen LogP contribution < -0.4 is 0 Å². The highest BCUT2D eigenvalue weighted by molar-refractivity contribution is 9.10. The molecule has 0 saturated carbocycles. The van der Waals surface area contributed by atoms with Crippen LogP contribution >= 0.6 is 27.5 Å². The molecule has 1 heterocycles. The molecule has 0 unspecified atom stereocenters.